The van der Waals surface area contributed by atoms with Crippen LogP contribution in [0.5, 0.6) is 5.75 Å². The highest BCUT2D eigenvalue weighted by Crippen LogP contribution is 2.31. The van der Waals surface area contributed by atoms with Gasteiger partial charge in [-0.1, -0.05) is 6.92 Å². The van der Waals surface area contributed by atoms with Crippen molar-refractivity contribution in [1.82, 2.24) is 15.1 Å². The number of likely N-dealkylation sites (N-methyl/N-ethyl adjacent to an activating group) is 1. The van der Waals surface area contributed by atoms with Gasteiger partial charge in [0.05, 0.1) is 31.2 Å². The first-order valence-electron chi connectivity index (χ1n) is 13.6. The molecule has 1 heterocycles. The van der Waals surface area contributed by atoms with Gasteiger partial charge >= 0.3 is 18.2 Å². The molecule has 0 saturated carbocycles. The summed E-state index contributed by atoms with van der Waals surface area (Å²) < 4.78 is 44.8. The van der Waals surface area contributed by atoms with Crippen LogP contribution in [0.1, 0.15) is 38.8 Å². The monoisotopic (exact) mass is 593 g/mol. The van der Waals surface area contributed by atoms with Crippen LogP contribution >= 0.6 is 0 Å². The third-order valence-corrected chi connectivity index (χ3v) is 6.86. The lowest BCUT2D eigenvalue weighted by Crippen LogP contribution is -2.49. The Morgan fingerprint density at radius 2 is 1.71 bits per heavy atom. The number of aliphatic hydroxyl groups excluding tert-OH is 1. The fourth-order valence-electron chi connectivity index (χ4n) is 4.47. The van der Waals surface area contributed by atoms with E-state index in [1.54, 1.807) is 37.1 Å². The van der Waals surface area contributed by atoms with E-state index in [-0.39, 0.29) is 49.2 Å². The zero-order valence-electron chi connectivity index (χ0n) is 24.3. The second kappa shape index (κ2) is 13.8. The van der Waals surface area contributed by atoms with Crippen molar-refractivity contribution >= 4 is 29.3 Å². The van der Waals surface area contributed by atoms with Crippen molar-refractivity contribution < 1.29 is 37.4 Å². The van der Waals surface area contributed by atoms with Gasteiger partial charge < -0.3 is 35.6 Å². The average Bonchev–Trinajstić information content (AvgIpc) is 2.95. The van der Waals surface area contributed by atoms with Crippen LogP contribution in [-0.4, -0.2) is 77.8 Å². The van der Waals surface area contributed by atoms with E-state index in [1.165, 1.54) is 4.90 Å². The standard InChI is InChI=1S/C29H38F3N5O5/c1-17(2)33-28(41)36(5)15-25-18(3)14-37(19(4)16-38)26(39)13-20-12-23(10-11-24(20)42-25)35-27(40)34-22-8-6-21(7-9-22)29(30,31)32/h6-12,17-19,25,38H,13-16H2,1-5H3,(H,33,41)(H2,34,35,40)/t18-,19+,25+/m1/s1. The normalized spacial score (nSPS) is 18.1. The van der Waals surface area contributed by atoms with Gasteiger partial charge in [-0.25, -0.2) is 9.59 Å². The van der Waals surface area contributed by atoms with E-state index in [0.29, 0.717) is 23.5 Å². The van der Waals surface area contributed by atoms with Crippen molar-refractivity contribution in [2.75, 3.05) is 37.4 Å². The van der Waals surface area contributed by atoms with Crippen LogP contribution in [0.25, 0.3) is 0 Å². The van der Waals surface area contributed by atoms with Crippen molar-refractivity contribution in [1.29, 1.82) is 0 Å². The van der Waals surface area contributed by atoms with Gasteiger partial charge in [-0.05, 0) is 63.2 Å². The van der Waals surface area contributed by atoms with E-state index in [4.69, 9.17) is 4.74 Å². The van der Waals surface area contributed by atoms with E-state index < -0.39 is 29.9 Å². The van der Waals surface area contributed by atoms with Crippen LogP contribution in [0.2, 0.25) is 0 Å². The molecular weight excluding hydrogens is 555 g/mol. The SMILES string of the molecule is CC(C)NC(=O)N(C)C[C@@H]1Oc2ccc(NC(=O)Nc3ccc(C(F)(F)F)cc3)cc2CC(=O)N([C@@H](C)CO)C[C@H]1C. The largest absolute Gasteiger partial charge is 0.488 e. The molecule has 5 amide bonds. The molecule has 1 aliphatic heterocycles. The second-order valence-electron chi connectivity index (χ2n) is 10.8. The van der Waals surface area contributed by atoms with Gasteiger partial charge in [0, 0.05) is 42.5 Å². The molecule has 1 aliphatic rings. The van der Waals surface area contributed by atoms with Gasteiger partial charge in [0.1, 0.15) is 11.9 Å². The fraction of sp³-hybridized carbons (Fsp3) is 0.483. The van der Waals surface area contributed by atoms with Crippen molar-refractivity contribution in [3.05, 3.63) is 53.6 Å². The summed E-state index contributed by atoms with van der Waals surface area (Å²) in [5, 5.41) is 17.8. The summed E-state index contributed by atoms with van der Waals surface area (Å²) >= 11 is 0. The molecule has 0 aromatic heterocycles. The van der Waals surface area contributed by atoms with Crippen LogP contribution in [0, 0.1) is 5.92 Å². The van der Waals surface area contributed by atoms with Crippen molar-refractivity contribution in [2.45, 2.75) is 58.5 Å². The fourth-order valence-corrected chi connectivity index (χ4v) is 4.47. The maximum Gasteiger partial charge on any atom is 0.416 e. The first kappa shape index (κ1) is 32.5. The number of carbonyl (C=O) groups is 3. The third kappa shape index (κ3) is 8.75. The van der Waals surface area contributed by atoms with Gasteiger partial charge in [0.2, 0.25) is 5.91 Å². The van der Waals surface area contributed by atoms with Crippen molar-refractivity contribution in [3.8, 4) is 5.75 Å². The topological polar surface area (TPSA) is 123 Å². The lowest BCUT2D eigenvalue weighted by atomic mass is 10.0. The Balaban J connectivity index is 1.84. The zero-order valence-corrected chi connectivity index (χ0v) is 24.3. The van der Waals surface area contributed by atoms with Crippen molar-refractivity contribution in [3.63, 3.8) is 0 Å². The van der Waals surface area contributed by atoms with Gasteiger partial charge in [-0.15, -0.1) is 0 Å². The Morgan fingerprint density at radius 3 is 2.31 bits per heavy atom. The number of nitrogens with zero attached hydrogens (tertiary/aromatic N) is 2. The predicted molar refractivity (Wildman–Crippen MR) is 152 cm³/mol. The molecule has 4 N–H and O–H groups in total. The van der Waals surface area contributed by atoms with E-state index in [2.05, 4.69) is 16.0 Å². The average molecular weight is 594 g/mol. The molecule has 0 bridgehead atoms. The molecule has 0 radical (unpaired) electrons. The van der Waals surface area contributed by atoms with E-state index >= 15 is 0 Å². The number of aliphatic hydroxyl groups is 1. The number of halogens is 3. The molecular formula is C29H38F3N5O5. The molecule has 0 unspecified atom stereocenters. The molecule has 2 aromatic carbocycles. The summed E-state index contributed by atoms with van der Waals surface area (Å²) in [5.74, 6) is -0.0493. The number of hydrogen-bond acceptors (Lipinski definition) is 5. The van der Waals surface area contributed by atoms with Gasteiger partial charge in [0.25, 0.3) is 0 Å². The number of hydrogen-bond donors (Lipinski definition) is 4. The zero-order chi connectivity index (χ0) is 31.2. The van der Waals surface area contributed by atoms with Crippen molar-refractivity contribution in [2.24, 2.45) is 5.92 Å². The van der Waals surface area contributed by atoms with Gasteiger partial charge in [0.15, 0.2) is 0 Å². The number of benzene rings is 2. The smallest absolute Gasteiger partial charge is 0.416 e. The van der Waals surface area contributed by atoms with Crippen LogP contribution in [0.4, 0.5) is 34.1 Å². The second-order valence-corrected chi connectivity index (χ2v) is 10.8. The Hall–Kier alpha value is -4.00. The summed E-state index contributed by atoms with van der Waals surface area (Å²) in [6, 6.07) is 7.35. The summed E-state index contributed by atoms with van der Waals surface area (Å²) in [6.45, 7) is 7.65. The minimum atomic E-state index is -4.49. The molecule has 3 atom stereocenters. The molecule has 230 valence electrons. The molecule has 0 fully saturated rings. The molecule has 13 heteroatoms. The summed E-state index contributed by atoms with van der Waals surface area (Å²) in [5.41, 5.74) is 0.141. The molecule has 0 saturated heterocycles. The highest BCUT2D eigenvalue weighted by molar-refractivity contribution is 6.00. The number of anilines is 2. The first-order valence-corrected chi connectivity index (χ1v) is 13.6. The summed E-state index contributed by atoms with van der Waals surface area (Å²) in [4.78, 5) is 41.6. The minimum Gasteiger partial charge on any atom is -0.488 e. The molecule has 2 aromatic rings. The summed E-state index contributed by atoms with van der Waals surface area (Å²) in [6.07, 6.45) is -5.07. The molecule has 0 spiro atoms. The van der Waals surface area contributed by atoms with E-state index in [0.717, 1.165) is 24.3 Å². The van der Waals surface area contributed by atoms with Crippen LogP contribution in [0.15, 0.2) is 42.5 Å². The number of fused-ring (bicyclic) bond motifs is 1. The van der Waals surface area contributed by atoms with E-state index in [9.17, 15) is 32.7 Å². The molecule has 3 rings (SSSR count). The molecule has 0 aliphatic carbocycles. The molecule has 42 heavy (non-hydrogen) atoms. The van der Waals surface area contributed by atoms with Crippen LogP contribution in [-0.2, 0) is 17.4 Å². The molecule has 10 nitrogen and oxygen atoms in total. The third-order valence-electron chi connectivity index (χ3n) is 6.86. The van der Waals surface area contributed by atoms with Crippen LogP contribution < -0.4 is 20.7 Å². The lowest BCUT2D eigenvalue weighted by molar-refractivity contribution is -0.137. The number of amides is 5. The number of carbonyl (C=O) groups excluding carboxylic acids is 3. The number of urea groups is 2. The van der Waals surface area contributed by atoms with Crippen LogP contribution in [0.3, 0.4) is 0 Å². The predicted octanol–water partition coefficient (Wildman–Crippen LogP) is 4.55. The van der Waals surface area contributed by atoms with Gasteiger partial charge in [-0.3, -0.25) is 4.79 Å². The summed E-state index contributed by atoms with van der Waals surface area (Å²) in [7, 11) is 1.66. The van der Waals surface area contributed by atoms with E-state index in [1.807, 2.05) is 20.8 Å². The maximum atomic E-state index is 13.4. The Labute approximate surface area is 243 Å². The Bertz CT molecular complexity index is 1260. The van der Waals surface area contributed by atoms with Gasteiger partial charge in [-0.2, -0.15) is 13.2 Å². The first-order chi connectivity index (χ1) is 19.7. The highest BCUT2D eigenvalue weighted by Gasteiger charge is 2.32. The Kier molecular flexibility index (Phi) is 10.7. The lowest BCUT2D eigenvalue weighted by Gasteiger charge is -2.34. The number of ether oxygens (including phenoxy) is 1. The number of nitrogens with one attached hydrogen (secondary N) is 3. The highest BCUT2D eigenvalue weighted by atomic mass is 19.4. The quantitative estimate of drug-likeness (QED) is 0.375. The maximum absolute atomic E-state index is 13.4. The number of rotatable bonds is 7. The minimum absolute atomic E-state index is 0.0551. The number of alkyl halides is 3. The Morgan fingerprint density at radius 1 is 1.10 bits per heavy atom.